The number of aromatic nitrogens is 2. The maximum atomic E-state index is 5.10. The fourth-order valence-electron chi connectivity index (χ4n) is 1.85. The van der Waals surface area contributed by atoms with Gasteiger partial charge in [0.05, 0.1) is 6.61 Å². The van der Waals surface area contributed by atoms with Gasteiger partial charge in [0.25, 0.3) is 0 Å². The van der Waals surface area contributed by atoms with Crippen LogP contribution in [0.1, 0.15) is 39.7 Å². The first-order valence-corrected chi connectivity index (χ1v) is 5.97. The van der Waals surface area contributed by atoms with Crippen molar-refractivity contribution in [3.63, 3.8) is 0 Å². The predicted octanol–water partition coefficient (Wildman–Crippen LogP) is 2.69. The van der Waals surface area contributed by atoms with Crippen LogP contribution < -0.4 is 5.32 Å². The third kappa shape index (κ3) is 3.52. The van der Waals surface area contributed by atoms with Crippen molar-refractivity contribution in [2.75, 3.05) is 19.0 Å². The Morgan fingerprint density at radius 1 is 1.50 bits per heavy atom. The number of nitrogens with one attached hydrogen (secondary N) is 1. The van der Waals surface area contributed by atoms with Crippen LogP contribution >= 0.6 is 0 Å². The second kappa shape index (κ2) is 6.53. The van der Waals surface area contributed by atoms with Crippen LogP contribution in [0.3, 0.4) is 0 Å². The molecule has 1 rings (SSSR count). The molecule has 0 aliphatic heterocycles. The Morgan fingerprint density at radius 3 is 2.88 bits per heavy atom. The standard InChI is InChI=1S/C12H23N3O/c1-5-6-11(3)15-8-7-13-12(15)14-10(2)9-16-4/h7-8,10-11H,5-6,9H2,1-4H3,(H,13,14). The molecule has 16 heavy (non-hydrogen) atoms. The molecule has 0 aliphatic rings. The molecule has 4 heteroatoms. The Bertz CT molecular complexity index is 298. The maximum Gasteiger partial charge on any atom is 0.203 e. The summed E-state index contributed by atoms with van der Waals surface area (Å²) in [6, 6.07) is 0.768. The third-order valence-corrected chi connectivity index (χ3v) is 2.64. The molecule has 0 spiro atoms. The summed E-state index contributed by atoms with van der Waals surface area (Å²) >= 11 is 0. The summed E-state index contributed by atoms with van der Waals surface area (Å²) in [4.78, 5) is 4.34. The molecule has 0 saturated carbocycles. The molecule has 1 aromatic heterocycles. The Kier molecular flexibility index (Phi) is 5.32. The fourth-order valence-corrected chi connectivity index (χ4v) is 1.85. The van der Waals surface area contributed by atoms with E-state index in [1.165, 1.54) is 12.8 Å². The van der Waals surface area contributed by atoms with E-state index in [-0.39, 0.29) is 6.04 Å². The van der Waals surface area contributed by atoms with Crippen LogP contribution in [-0.2, 0) is 4.74 Å². The van der Waals surface area contributed by atoms with Crippen molar-refractivity contribution < 1.29 is 4.74 Å². The van der Waals surface area contributed by atoms with E-state index in [2.05, 4.69) is 35.6 Å². The summed E-state index contributed by atoms with van der Waals surface area (Å²) in [5, 5.41) is 3.36. The monoisotopic (exact) mass is 225 g/mol. The normalized spacial score (nSPS) is 14.8. The molecule has 0 fully saturated rings. The molecular formula is C12H23N3O. The van der Waals surface area contributed by atoms with Crippen molar-refractivity contribution in [2.24, 2.45) is 0 Å². The van der Waals surface area contributed by atoms with Gasteiger partial charge in [0.1, 0.15) is 0 Å². The summed E-state index contributed by atoms with van der Waals surface area (Å²) < 4.78 is 7.29. The van der Waals surface area contributed by atoms with Crippen LogP contribution in [-0.4, -0.2) is 29.3 Å². The number of anilines is 1. The zero-order chi connectivity index (χ0) is 12.0. The maximum absolute atomic E-state index is 5.10. The van der Waals surface area contributed by atoms with Gasteiger partial charge in [-0.2, -0.15) is 0 Å². The van der Waals surface area contributed by atoms with E-state index >= 15 is 0 Å². The molecule has 1 heterocycles. The van der Waals surface area contributed by atoms with Crippen molar-refractivity contribution >= 4 is 5.95 Å². The highest BCUT2D eigenvalue weighted by Gasteiger charge is 2.10. The first-order chi connectivity index (χ1) is 7.69. The molecule has 4 nitrogen and oxygen atoms in total. The van der Waals surface area contributed by atoms with Crippen LogP contribution in [0, 0.1) is 0 Å². The number of methoxy groups -OCH3 is 1. The van der Waals surface area contributed by atoms with Gasteiger partial charge in [0, 0.05) is 31.6 Å². The van der Waals surface area contributed by atoms with Crippen LogP contribution in [0.5, 0.6) is 0 Å². The van der Waals surface area contributed by atoms with Gasteiger partial charge in [0.2, 0.25) is 5.95 Å². The third-order valence-electron chi connectivity index (χ3n) is 2.64. The molecule has 1 aromatic rings. The van der Waals surface area contributed by atoms with Gasteiger partial charge in [-0.05, 0) is 20.3 Å². The average molecular weight is 225 g/mol. The molecule has 0 amide bonds. The van der Waals surface area contributed by atoms with E-state index < -0.39 is 0 Å². The number of ether oxygens (including phenoxy) is 1. The minimum Gasteiger partial charge on any atom is -0.383 e. The van der Waals surface area contributed by atoms with Crippen LogP contribution in [0.25, 0.3) is 0 Å². The van der Waals surface area contributed by atoms with E-state index in [9.17, 15) is 0 Å². The molecular weight excluding hydrogens is 202 g/mol. The van der Waals surface area contributed by atoms with E-state index in [4.69, 9.17) is 4.74 Å². The highest BCUT2D eigenvalue weighted by atomic mass is 16.5. The van der Waals surface area contributed by atoms with Gasteiger partial charge in [-0.3, -0.25) is 0 Å². The van der Waals surface area contributed by atoms with E-state index in [0.717, 1.165) is 5.95 Å². The molecule has 0 aromatic carbocycles. The number of nitrogens with zero attached hydrogens (tertiary/aromatic N) is 2. The fraction of sp³-hybridized carbons (Fsp3) is 0.750. The van der Waals surface area contributed by atoms with E-state index in [0.29, 0.717) is 12.6 Å². The lowest BCUT2D eigenvalue weighted by Gasteiger charge is -2.19. The van der Waals surface area contributed by atoms with Crippen LogP contribution in [0.15, 0.2) is 12.4 Å². The van der Waals surface area contributed by atoms with Crippen LogP contribution in [0.4, 0.5) is 5.95 Å². The highest BCUT2D eigenvalue weighted by molar-refractivity contribution is 5.28. The average Bonchev–Trinajstić information content (AvgIpc) is 2.66. The zero-order valence-electron chi connectivity index (χ0n) is 10.7. The Balaban J connectivity index is 2.62. The molecule has 0 radical (unpaired) electrons. The number of imidazole rings is 1. The SMILES string of the molecule is CCCC(C)n1ccnc1NC(C)COC. The zero-order valence-corrected chi connectivity index (χ0v) is 10.7. The molecule has 0 bridgehead atoms. The summed E-state index contributed by atoms with van der Waals surface area (Å²) in [6.07, 6.45) is 6.23. The van der Waals surface area contributed by atoms with Crippen molar-refractivity contribution in [1.29, 1.82) is 0 Å². The lowest BCUT2D eigenvalue weighted by molar-refractivity contribution is 0.190. The number of hydrogen-bond donors (Lipinski definition) is 1. The van der Waals surface area contributed by atoms with Crippen molar-refractivity contribution in [2.45, 2.75) is 45.7 Å². The molecule has 2 unspecified atom stereocenters. The van der Waals surface area contributed by atoms with Gasteiger partial charge in [0.15, 0.2) is 0 Å². The smallest absolute Gasteiger partial charge is 0.203 e. The Hall–Kier alpha value is -1.03. The second-order valence-corrected chi connectivity index (χ2v) is 4.30. The summed E-state index contributed by atoms with van der Waals surface area (Å²) in [5.41, 5.74) is 0. The van der Waals surface area contributed by atoms with Crippen LogP contribution in [0.2, 0.25) is 0 Å². The van der Waals surface area contributed by atoms with Gasteiger partial charge in [-0.1, -0.05) is 13.3 Å². The minimum atomic E-state index is 0.278. The predicted molar refractivity (Wildman–Crippen MR) is 66.8 cm³/mol. The highest BCUT2D eigenvalue weighted by Crippen LogP contribution is 2.18. The quantitative estimate of drug-likeness (QED) is 0.775. The first kappa shape index (κ1) is 13.0. The number of hydrogen-bond acceptors (Lipinski definition) is 3. The summed E-state index contributed by atoms with van der Waals surface area (Å²) in [7, 11) is 1.71. The minimum absolute atomic E-state index is 0.278. The van der Waals surface area contributed by atoms with Gasteiger partial charge >= 0.3 is 0 Å². The van der Waals surface area contributed by atoms with Gasteiger partial charge < -0.3 is 14.6 Å². The first-order valence-electron chi connectivity index (χ1n) is 5.97. The van der Waals surface area contributed by atoms with Crippen molar-refractivity contribution in [3.05, 3.63) is 12.4 Å². The van der Waals surface area contributed by atoms with E-state index in [1.54, 1.807) is 7.11 Å². The molecule has 2 atom stereocenters. The van der Waals surface area contributed by atoms with E-state index in [1.807, 2.05) is 12.4 Å². The summed E-state index contributed by atoms with van der Waals surface area (Å²) in [5.74, 6) is 0.936. The lowest BCUT2D eigenvalue weighted by atomic mass is 10.2. The molecule has 1 N–H and O–H groups in total. The van der Waals surface area contributed by atoms with Crippen molar-refractivity contribution in [3.8, 4) is 0 Å². The summed E-state index contributed by atoms with van der Waals surface area (Å²) in [6.45, 7) is 7.20. The van der Waals surface area contributed by atoms with Gasteiger partial charge in [-0.25, -0.2) is 4.98 Å². The second-order valence-electron chi connectivity index (χ2n) is 4.30. The molecule has 0 aliphatic carbocycles. The van der Waals surface area contributed by atoms with Gasteiger partial charge in [-0.15, -0.1) is 0 Å². The molecule has 92 valence electrons. The number of rotatable bonds is 7. The topological polar surface area (TPSA) is 39.1 Å². The largest absolute Gasteiger partial charge is 0.383 e. The Morgan fingerprint density at radius 2 is 2.25 bits per heavy atom. The molecule has 0 saturated heterocycles. The lowest BCUT2D eigenvalue weighted by Crippen LogP contribution is -2.23. The van der Waals surface area contributed by atoms with Crippen molar-refractivity contribution in [1.82, 2.24) is 9.55 Å². The Labute approximate surface area is 98.0 Å².